The molecule has 1 aromatic carbocycles. The van der Waals surface area contributed by atoms with Crippen molar-refractivity contribution in [1.29, 1.82) is 0 Å². The molecule has 0 fully saturated rings. The molecule has 100 valence electrons. The van der Waals surface area contributed by atoms with Crippen LogP contribution in [0.4, 0.5) is 17.3 Å². The normalized spacial score (nSPS) is 10.3. The van der Waals surface area contributed by atoms with Gasteiger partial charge in [-0.15, -0.1) is 0 Å². The van der Waals surface area contributed by atoms with Crippen LogP contribution < -0.4 is 10.6 Å². The van der Waals surface area contributed by atoms with Gasteiger partial charge in [0.05, 0.1) is 0 Å². The predicted molar refractivity (Wildman–Crippen MR) is 80.0 cm³/mol. The Hall–Kier alpha value is -2.10. The molecule has 2 N–H and O–H groups in total. The van der Waals surface area contributed by atoms with Gasteiger partial charge in [-0.05, 0) is 31.5 Å². The summed E-state index contributed by atoms with van der Waals surface area (Å²) in [5, 5.41) is 6.56. The van der Waals surface area contributed by atoms with Crippen molar-refractivity contribution in [3.8, 4) is 0 Å². The first kappa shape index (κ1) is 13.3. The van der Waals surface area contributed by atoms with Gasteiger partial charge in [0, 0.05) is 24.7 Å². The number of benzene rings is 1. The Kier molecular flexibility index (Phi) is 4.34. The zero-order chi connectivity index (χ0) is 13.7. The van der Waals surface area contributed by atoms with Crippen molar-refractivity contribution >= 4 is 17.3 Å². The fraction of sp³-hybridized carbons (Fsp3) is 0.333. The summed E-state index contributed by atoms with van der Waals surface area (Å²) >= 11 is 0. The zero-order valence-corrected chi connectivity index (χ0v) is 11.7. The summed E-state index contributed by atoms with van der Waals surface area (Å²) in [6, 6.07) is 10.2. The lowest BCUT2D eigenvalue weighted by Crippen LogP contribution is -2.05. The van der Waals surface area contributed by atoms with Crippen molar-refractivity contribution in [3.63, 3.8) is 0 Å². The molecule has 0 radical (unpaired) electrons. The van der Waals surface area contributed by atoms with E-state index in [1.165, 1.54) is 5.56 Å². The van der Waals surface area contributed by atoms with Crippen molar-refractivity contribution in [1.82, 2.24) is 9.97 Å². The average molecular weight is 256 g/mol. The largest absolute Gasteiger partial charge is 0.370 e. The molecule has 1 aromatic heterocycles. The number of hydrogen-bond donors (Lipinski definition) is 2. The van der Waals surface area contributed by atoms with E-state index in [9.17, 15) is 0 Å². The number of nitrogens with one attached hydrogen (secondary N) is 2. The van der Waals surface area contributed by atoms with Gasteiger partial charge < -0.3 is 10.6 Å². The third kappa shape index (κ3) is 3.68. The van der Waals surface area contributed by atoms with Crippen LogP contribution in [0.25, 0.3) is 0 Å². The van der Waals surface area contributed by atoms with E-state index in [0.717, 1.165) is 36.1 Å². The maximum Gasteiger partial charge on any atom is 0.136 e. The van der Waals surface area contributed by atoms with Crippen molar-refractivity contribution in [2.75, 3.05) is 17.2 Å². The lowest BCUT2D eigenvalue weighted by Gasteiger charge is -2.10. The van der Waals surface area contributed by atoms with E-state index in [0.29, 0.717) is 0 Å². The molecule has 0 aliphatic rings. The van der Waals surface area contributed by atoms with Crippen LogP contribution in [0.1, 0.15) is 25.2 Å². The topological polar surface area (TPSA) is 49.8 Å². The third-order valence-electron chi connectivity index (χ3n) is 2.74. The number of anilines is 3. The second-order valence-corrected chi connectivity index (χ2v) is 4.43. The van der Waals surface area contributed by atoms with Gasteiger partial charge in [0.25, 0.3) is 0 Å². The first-order valence-electron chi connectivity index (χ1n) is 6.66. The van der Waals surface area contributed by atoms with Gasteiger partial charge in [0.15, 0.2) is 0 Å². The van der Waals surface area contributed by atoms with Crippen LogP contribution in [0.2, 0.25) is 0 Å². The van der Waals surface area contributed by atoms with E-state index in [2.05, 4.69) is 53.5 Å². The quantitative estimate of drug-likeness (QED) is 0.859. The van der Waals surface area contributed by atoms with E-state index < -0.39 is 0 Å². The molecule has 4 heteroatoms. The Labute approximate surface area is 114 Å². The molecule has 4 nitrogen and oxygen atoms in total. The molecule has 2 aromatic rings. The lowest BCUT2D eigenvalue weighted by molar-refractivity contribution is 0.939. The number of aromatic nitrogens is 2. The van der Waals surface area contributed by atoms with Crippen molar-refractivity contribution < 1.29 is 0 Å². The van der Waals surface area contributed by atoms with Crippen molar-refractivity contribution in [2.45, 2.75) is 27.2 Å². The molecule has 0 saturated heterocycles. The number of rotatable bonds is 5. The molecule has 0 spiro atoms. The minimum Gasteiger partial charge on any atom is -0.370 e. The number of nitrogens with zero attached hydrogens (tertiary/aromatic N) is 2. The molecule has 0 aliphatic heterocycles. The molecule has 0 unspecified atom stereocenters. The lowest BCUT2D eigenvalue weighted by atomic mass is 10.2. The van der Waals surface area contributed by atoms with Gasteiger partial charge in [-0.1, -0.05) is 19.1 Å². The minimum absolute atomic E-state index is 0.821. The van der Waals surface area contributed by atoms with Gasteiger partial charge in [-0.2, -0.15) is 0 Å². The Balaban J connectivity index is 2.26. The highest BCUT2D eigenvalue weighted by atomic mass is 15.1. The summed E-state index contributed by atoms with van der Waals surface area (Å²) in [7, 11) is 0. The van der Waals surface area contributed by atoms with E-state index in [1.54, 1.807) is 0 Å². The van der Waals surface area contributed by atoms with Crippen LogP contribution in [0.3, 0.4) is 0 Å². The predicted octanol–water partition coefficient (Wildman–Crippen LogP) is 3.52. The maximum atomic E-state index is 4.50. The fourth-order valence-corrected chi connectivity index (χ4v) is 1.86. The van der Waals surface area contributed by atoms with Crippen molar-refractivity contribution in [3.05, 3.63) is 41.7 Å². The second-order valence-electron chi connectivity index (χ2n) is 4.43. The van der Waals surface area contributed by atoms with Crippen LogP contribution >= 0.6 is 0 Å². The first-order chi connectivity index (χ1) is 9.21. The summed E-state index contributed by atoms with van der Waals surface area (Å²) < 4.78 is 0. The molecule has 0 aliphatic carbocycles. The average Bonchev–Trinajstić information content (AvgIpc) is 2.39. The molecular formula is C15H20N4. The smallest absolute Gasteiger partial charge is 0.136 e. The highest BCUT2D eigenvalue weighted by Crippen LogP contribution is 2.18. The van der Waals surface area contributed by atoms with Gasteiger partial charge in [0.1, 0.15) is 17.5 Å². The molecule has 0 saturated carbocycles. The minimum atomic E-state index is 0.821. The van der Waals surface area contributed by atoms with Crippen LogP contribution in [0.15, 0.2) is 30.3 Å². The van der Waals surface area contributed by atoms with Crippen molar-refractivity contribution in [2.24, 2.45) is 0 Å². The molecule has 19 heavy (non-hydrogen) atoms. The summed E-state index contributed by atoms with van der Waals surface area (Å²) in [6.45, 7) is 7.04. The molecule has 1 heterocycles. The second kappa shape index (κ2) is 6.18. The fourth-order valence-electron chi connectivity index (χ4n) is 1.86. The maximum absolute atomic E-state index is 4.50. The van der Waals surface area contributed by atoms with E-state index in [1.807, 2.05) is 18.2 Å². The van der Waals surface area contributed by atoms with E-state index in [4.69, 9.17) is 0 Å². The summed E-state index contributed by atoms with van der Waals surface area (Å²) in [5.74, 6) is 2.53. The van der Waals surface area contributed by atoms with Gasteiger partial charge in [0.2, 0.25) is 0 Å². The van der Waals surface area contributed by atoms with Crippen LogP contribution in [-0.2, 0) is 6.42 Å². The molecule has 0 amide bonds. The summed E-state index contributed by atoms with van der Waals surface area (Å²) in [6.07, 6.45) is 0.821. The SMILES string of the molecule is CCNc1cc(Nc2cccc(C)c2)nc(CC)n1. The highest BCUT2D eigenvalue weighted by molar-refractivity contribution is 5.59. The number of hydrogen-bond acceptors (Lipinski definition) is 4. The molecule has 2 rings (SSSR count). The standard InChI is InChI=1S/C15H20N4/c1-4-13-18-14(16-5-2)10-15(19-13)17-12-8-6-7-11(3)9-12/h6-10H,4-5H2,1-3H3,(H2,16,17,18,19). The summed E-state index contributed by atoms with van der Waals surface area (Å²) in [4.78, 5) is 8.94. The van der Waals surface area contributed by atoms with Crippen LogP contribution in [0.5, 0.6) is 0 Å². The Bertz CT molecular complexity index is 552. The Morgan fingerprint density at radius 1 is 1.05 bits per heavy atom. The van der Waals surface area contributed by atoms with Gasteiger partial charge in [-0.25, -0.2) is 9.97 Å². The number of aryl methyl sites for hydroxylation is 2. The molecular weight excluding hydrogens is 236 g/mol. The van der Waals surface area contributed by atoms with E-state index >= 15 is 0 Å². The van der Waals surface area contributed by atoms with Crippen LogP contribution in [-0.4, -0.2) is 16.5 Å². The molecule has 0 atom stereocenters. The van der Waals surface area contributed by atoms with E-state index in [-0.39, 0.29) is 0 Å². The Morgan fingerprint density at radius 3 is 2.53 bits per heavy atom. The Morgan fingerprint density at radius 2 is 1.84 bits per heavy atom. The monoisotopic (exact) mass is 256 g/mol. The summed E-state index contributed by atoms with van der Waals surface area (Å²) in [5.41, 5.74) is 2.27. The van der Waals surface area contributed by atoms with Crippen LogP contribution in [0, 0.1) is 6.92 Å². The zero-order valence-electron chi connectivity index (χ0n) is 11.7. The van der Waals surface area contributed by atoms with Gasteiger partial charge >= 0.3 is 0 Å². The third-order valence-corrected chi connectivity index (χ3v) is 2.74. The molecule has 0 bridgehead atoms. The van der Waals surface area contributed by atoms with Gasteiger partial charge in [-0.3, -0.25) is 0 Å². The highest BCUT2D eigenvalue weighted by Gasteiger charge is 2.03. The first-order valence-corrected chi connectivity index (χ1v) is 6.66.